The number of rotatable bonds is 9. The topological polar surface area (TPSA) is 158 Å². The van der Waals surface area contributed by atoms with Crippen LogP contribution in [0.1, 0.15) is 77.5 Å². The number of alkyl carbamates (subject to hydrolysis) is 1. The molecule has 0 bridgehead atoms. The molecule has 0 unspecified atom stereocenters. The summed E-state index contributed by atoms with van der Waals surface area (Å²) in [6.07, 6.45) is 3.82. The van der Waals surface area contributed by atoms with Gasteiger partial charge in [0.25, 0.3) is 10.0 Å². The minimum Gasteiger partial charge on any atom is -0.487 e. The lowest BCUT2D eigenvalue weighted by Crippen LogP contribution is -2.42. The van der Waals surface area contributed by atoms with Gasteiger partial charge in [-0.15, -0.1) is 0 Å². The molecule has 1 atom stereocenters. The van der Waals surface area contributed by atoms with E-state index in [1.165, 1.54) is 13.0 Å². The number of aryl methyl sites for hydroxylation is 1. The molecule has 1 aliphatic heterocycles. The van der Waals surface area contributed by atoms with E-state index in [2.05, 4.69) is 20.3 Å². The largest absolute Gasteiger partial charge is 0.487 e. The van der Waals surface area contributed by atoms with Gasteiger partial charge in [-0.1, -0.05) is 18.5 Å². The summed E-state index contributed by atoms with van der Waals surface area (Å²) in [6, 6.07) is 7.80. The molecule has 1 aliphatic carbocycles. The molecule has 53 heavy (non-hydrogen) atoms. The van der Waals surface area contributed by atoms with Crippen LogP contribution in [0, 0.1) is 11.6 Å². The smallest absolute Gasteiger partial charge is 0.407 e. The maximum Gasteiger partial charge on any atom is 0.407 e. The van der Waals surface area contributed by atoms with Gasteiger partial charge in [-0.25, -0.2) is 32.0 Å². The van der Waals surface area contributed by atoms with Crippen LogP contribution in [0.2, 0.25) is 5.02 Å². The zero-order valence-corrected chi connectivity index (χ0v) is 31.4. The minimum absolute atomic E-state index is 0.00757. The van der Waals surface area contributed by atoms with Crippen LogP contribution in [-0.4, -0.2) is 54.7 Å². The molecule has 1 amide bonds. The summed E-state index contributed by atoms with van der Waals surface area (Å²) in [5, 5.41) is 6.88. The van der Waals surface area contributed by atoms with Crippen LogP contribution in [0.3, 0.4) is 0 Å². The van der Waals surface area contributed by atoms with Gasteiger partial charge in [-0.2, -0.15) is 0 Å². The summed E-state index contributed by atoms with van der Waals surface area (Å²) >= 11 is 6.23. The lowest BCUT2D eigenvalue weighted by Gasteiger charge is -2.30. The summed E-state index contributed by atoms with van der Waals surface area (Å²) in [5.41, 5.74) is 0.202. The van der Waals surface area contributed by atoms with Crippen molar-refractivity contribution < 1.29 is 41.0 Å². The number of esters is 1. The van der Waals surface area contributed by atoms with E-state index in [0.717, 1.165) is 43.9 Å². The Bertz CT molecular complexity index is 2190. The molecule has 0 saturated heterocycles. The Hall–Kier alpha value is -4.76. The van der Waals surface area contributed by atoms with E-state index in [-0.39, 0.29) is 40.6 Å². The van der Waals surface area contributed by atoms with Crippen molar-refractivity contribution in [2.24, 2.45) is 0 Å². The normalized spacial score (nSPS) is 18.5. The summed E-state index contributed by atoms with van der Waals surface area (Å²) in [4.78, 5) is 32.6. The van der Waals surface area contributed by atoms with Crippen molar-refractivity contribution in [3.05, 3.63) is 70.4 Å². The summed E-state index contributed by atoms with van der Waals surface area (Å²) < 4.78 is 77.2. The van der Waals surface area contributed by atoms with E-state index in [9.17, 15) is 18.0 Å². The van der Waals surface area contributed by atoms with Crippen molar-refractivity contribution in [3.63, 3.8) is 0 Å². The molecule has 2 aliphatic rings. The Morgan fingerprint density at radius 2 is 1.77 bits per heavy atom. The number of sulfonamides is 1. The fourth-order valence-corrected chi connectivity index (χ4v) is 8.12. The first kappa shape index (κ1) is 38.0. The number of nitrogens with one attached hydrogen (secondary N) is 3. The van der Waals surface area contributed by atoms with Crippen LogP contribution < -0.4 is 20.1 Å². The second-order valence-corrected chi connectivity index (χ2v) is 16.2. The number of hydrogen-bond acceptors (Lipinski definition) is 10. The van der Waals surface area contributed by atoms with Gasteiger partial charge < -0.3 is 24.8 Å². The third-order valence-corrected chi connectivity index (χ3v) is 10.5. The lowest BCUT2D eigenvalue weighted by molar-refractivity contribution is -0.147. The van der Waals surface area contributed by atoms with Crippen LogP contribution in [-0.2, 0) is 30.7 Å². The maximum absolute atomic E-state index is 16.2. The number of hydrogen-bond donors (Lipinski definition) is 3. The van der Waals surface area contributed by atoms with Gasteiger partial charge >= 0.3 is 12.1 Å². The molecule has 3 N–H and O–H groups in total. The first-order chi connectivity index (χ1) is 25.0. The molecule has 0 radical (unpaired) electrons. The molecular weight excluding hydrogens is 732 g/mol. The molecule has 6 rings (SSSR count). The highest BCUT2D eigenvalue weighted by molar-refractivity contribution is 7.92. The fourth-order valence-electron chi connectivity index (χ4n) is 6.57. The molecule has 0 spiro atoms. The SMILES string of the molecule is CCc1cc(-c2c(F)ccc(NS(=O)(=O)c3cc(Cl)cc4c3OC[C@H]4OC(C)=O)c2F)cc2cnc(NC3CCC(NC(=O)OC(C)(C)C)CC3)nc12. The first-order valence-electron chi connectivity index (χ1n) is 17.2. The molecule has 4 aromatic rings. The minimum atomic E-state index is -4.54. The van der Waals surface area contributed by atoms with Crippen LogP contribution in [0.15, 0.2) is 47.5 Å². The molecule has 1 saturated carbocycles. The van der Waals surface area contributed by atoms with Gasteiger partial charge in [0, 0.05) is 41.2 Å². The highest BCUT2D eigenvalue weighted by Gasteiger charge is 2.35. The average Bonchev–Trinajstić information content (AvgIpc) is 3.46. The number of amides is 1. The highest BCUT2D eigenvalue weighted by Crippen LogP contribution is 2.43. The van der Waals surface area contributed by atoms with Gasteiger partial charge in [-0.05, 0) is 100 Å². The molecule has 16 heteroatoms. The Balaban J connectivity index is 1.22. The molecule has 3 aromatic carbocycles. The summed E-state index contributed by atoms with van der Waals surface area (Å²) in [7, 11) is -4.54. The Morgan fingerprint density at radius 1 is 1.06 bits per heavy atom. The number of ether oxygens (including phenoxy) is 3. The van der Waals surface area contributed by atoms with E-state index in [1.807, 2.05) is 27.7 Å². The monoisotopic (exact) mass is 771 g/mol. The number of carbonyl (C=O) groups excluding carboxylic acids is 2. The molecular formula is C37H40ClF2N5O7S. The summed E-state index contributed by atoms with van der Waals surface area (Å²) in [6.45, 7) is 8.42. The van der Waals surface area contributed by atoms with Crippen LogP contribution in [0.4, 0.5) is 25.2 Å². The Morgan fingerprint density at radius 3 is 2.45 bits per heavy atom. The van der Waals surface area contributed by atoms with E-state index < -0.39 is 61.6 Å². The zero-order valence-electron chi connectivity index (χ0n) is 29.8. The Labute approximate surface area is 311 Å². The third kappa shape index (κ3) is 8.57. The predicted octanol–water partition coefficient (Wildman–Crippen LogP) is 7.84. The van der Waals surface area contributed by atoms with E-state index in [0.29, 0.717) is 28.8 Å². The van der Waals surface area contributed by atoms with Crippen molar-refractivity contribution >= 4 is 56.2 Å². The lowest BCUT2D eigenvalue weighted by atomic mass is 9.91. The number of fused-ring (bicyclic) bond motifs is 2. The van der Waals surface area contributed by atoms with Crippen LogP contribution >= 0.6 is 11.6 Å². The maximum atomic E-state index is 16.2. The predicted molar refractivity (Wildman–Crippen MR) is 196 cm³/mol. The number of halogens is 3. The van der Waals surface area contributed by atoms with Crippen molar-refractivity contribution in [1.29, 1.82) is 0 Å². The van der Waals surface area contributed by atoms with Gasteiger partial charge in [0.05, 0.1) is 16.8 Å². The third-order valence-electron chi connectivity index (χ3n) is 8.92. The molecule has 282 valence electrons. The number of benzene rings is 3. The number of aromatic nitrogens is 2. The number of anilines is 2. The average molecular weight is 772 g/mol. The van der Waals surface area contributed by atoms with Gasteiger partial charge in [0.1, 0.15) is 28.7 Å². The highest BCUT2D eigenvalue weighted by atomic mass is 35.5. The van der Waals surface area contributed by atoms with Gasteiger partial charge in [0.15, 0.2) is 11.9 Å². The van der Waals surface area contributed by atoms with E-state index in [4.69, 9.17) is 30.8 Å². The zero-order chi connectivity index (χ0) is 38.2. The Kier molecular flexibility index (Phi) is 10.7. The summed E-state index contributed by atoms with van der Waals surface area (Å²) in [5.74, 6) is -2.31. The second-order valence-electron chi connectivity index (χ2n) is 14.1. The van der Waals surface area contributed by atoms with Gasteiger partial charge in [-0.3, -0.25) is 9.52 Å². The van der Waals surface area contributed by atoms with Crippen molar-refractivity contribution in [2.45, 2.75) is 95.4 Å². The molecule has 1 aromatic heterocycles. The second kappa shape index (κ2) is 14.9. The number of carbonyl (C=O) groups is 2. The van der Waals surface area contributed by atoms with Crippen molar-refractivity contribution in [3.8, 4) is 16.9 Å². The van der Waals surface area contributed by atoms with Gasteiger partial charge in [0.2, 0.25) is 5.95 Å². The fraction of sp³-hybridized carbons (Fsp3) is 0.405. The van der Waals surface area contributed by atoms with Crippen LogP contribution in [0.5, 0.6) is 5.75 Å². The molecule has 2 heterocycles. The first-order valence-corrected chi connectivity index (χ1v) is 19.1. The van der Waals surface area contributed by atoms with Crippen LogP contribution in [0.25, 0.3) is 22.0 Å². The van der Waals surface area contributed by atoms with Crippen molar-refractivity contribution in [2.75, 3.05) is 16.6 Å². The van der Waals surface area contributed by atoms with Crippen molar-refractivity contribution in [1.82, 2.24) is 15.3 Å². The van der Waals surface area contributed by atoms with E-state index in [1.54, 1.807) is 18.3 Å². The molecule has 12 nitrogen and oxygen atoms in total. The standard InChI is InChI=1S/C37H40ClF2N5O7S/c1-6-20-13-21(14-22-17-41-35(44-33(20)22)42-24-7-9-25(10-8-24)43-36(47)52-37(3,4)5)31-27(39)11-12-28(32(31)40)45-53(48,49)30-16-23(38)15-26-29(51-19(2)46)18-50-34(26)30/h11-17,24-25,29,45H,6-10,18H2,1-5H3,(H,43,47)(H,41,42,44)/t24?,25?,29-/m1/s1. The van der Waals surface area contributed by atoms with E-state index >= 15 is 8.78 Å². The number of nitrogens with zero attached hydrogens (tertiary/aromatic N) is 2. The quantitative estimate of drug-likeness (QED) is 0.143. The molecule has 1 fully saturated rings.